The maximum atomic E-state index is 11.4. The summed E-state index contributed by atoms with van der Waals surface area (Å²) in [5.41, 5.74) is 2.35. The van der Waals surface area contributed by atoms with Crippen LogP contribution in [0, 0.1) is 11.3 Å². The van der Waals surface area contributed by atoms with Gasteiger partial charge >= 0.3 is 0 Å². The number of carbonyl (C=O) groups is 1. The van der Waals surface area contributed by atoms with E-state index in [0.29, 0.717) is 11.4 Å². The van der Waals surface area contributed by atoms with Crippen molar-refractivity contribution < 1.29 is 10.0 Å². The highest BCUT2D eigenvalue weighted by atomic mass is 16.5. The molecule has 0 radical (unpaired) electrons. The number of piperidine rings is 1. The predicted octanol–water partition coefficient (Wildman–Crippen LogP) is 2.47. The topological polar surface area (TPSA) is 81.6 Å². The van der Waals surface area contributed by atoms with E-state index in [2.05, 4.69) is 19.8 Å². The van der Waals surface area contributed by atoms with Gasteiger partial charge in [0.15, 0.2) is 0 Å². The summed E-state index contributed by atoms with van der Waals surface area (Å²) < 4.78 is 0. The smallest absolute Gasteiger partial charge is 0.277 e. The average Bonchev–Trinajstić information content (AvgIpc) is 3.11. The first kappa shape index (κ1) is 18.6. The van der Waals surface area contributed by atoms with E-state index in [4.69, 9.17) is 5.21 Å². The first-order valence-corrected chi connectivity index (χ1v) is 10.4. The van der Waals surface area contributed by atoms with Crippen LogP contribution in [-0.2, 0) is 0 Å². The molecule has 3 heterocycles. The van der Waals surface area contributed by atoms with E-state index in [9.17, 15) is 4.79 Å². The summed E-state index contributed by atoms with van der Waals surface area (Å²) in [6.07, 6.45) is 13.8. The summed E-state index contributed by atoms with van der Waals surface area (Å²) >= 11 is 0. The van der Waals surface area contributed by atoms with Crippen LogP contribution >= 0.6 is 0 Å². The third-order valence-corrected chi connectivity index (χ3v) is 6.87. The minimum absolute atomic E-state index is 0.267. The number of likely N-dealkylation sites (tertiary alicyclic amines) is 1. The molecule has 0 aromatic carbocycles. The number of hydrogen-bond donors (Lipinski definition) is 2. The van der Waals surface area contributed by atoms with E-state index in [1.54, 1.807) is 5.48 Å². The Hall–Kier alpha value is -1.73. The SMILES string of the molecule is O=C(NO)c1cnc(N2CCC3(CCN(CC4CCCCC4)C3)CC2)nc1. The Bertz CT molecular complexity index is 636. The summed E-state index contributed by atoms with van der Waals surface area (Å²) in [5.74, 6) is 1.02. The third kappa shape index (κ3) is 4.24. The summed E-state index contributed by atoms with van der Waals surface area (Å²) in [5, 5.41) is 8.68. The van der Waals surface area contributed by atoms with Gasteiger partial charge in [-0.1, -0.05) is 19.3 Å². The van der Waals surface area contributed by atoms with Crippen LogP contribution in [0.3, 0.4) is 0 Å². The number of hydrogen-bond acceptors (Lipinski definition) is 6. The molecule has 7 heteroatoms. The summed E-state index contributed by atoms with van der Waals surface area (Å²) in [4.78, 5) is 25.0. The van der Waals surface area contributed by atoms with Gasteiger partial charge in [0.05, 0.1) is 5.56 Å². The van der Waals surface area contributed by atoms with E-state index >= 15 is 0 Å². The number of amides is 1. The third-order valence-electron chi connectivity index (χ3n) is 6.87. The second-order valence-corrected chi connectivity index (χ2v) is 8.69. The fraction of sp³-hybridized carbons (Fsp3) is 0.750. The van der Waals surface area contributed by atoms with Crippen LogP contribution in [0.15, 0.2) is 12.4 Å². The van der Waals surface area contributed by atoms with Gasteiger partial charge in [-0.25, -0.2) is 15.4 Å². The number of carbonyl (C=O) groups excluding carboxylic acids is 1. The Labute approximate surface area is 161 Å². The molecular weight excluding hydrogens is 342 g/mol. The highest BCUT2D eigenvalue weighted by molar-refractivity contribution is 5.92. The first-order chi connectivity index (χ1) is 13.2. The first-order valence-electron chi connectivity index (χ1n) is 10.4. The lowest BCUT2D eigenvalue weighted by molar-refractivity contribution is 0.0705. The molecule has 4 rings (SSSR count). The molecule has 2 N–H and O–H groups in total. The molecule has 3 aliphatic rings. The number of rotatable bonds is 4. The fourth-order valence-corrected chi connectivity index (χ4v) is 5.17. The lowest BCUT2D eigenvalue weighted by Crippen LogP contribution is -2.42. The molecule has 1 spiro atoms. The molecule has 2 aliphatic heterocycles. The van der Waals surface area contributed by atoms with Gasteiger partial charge in [-0.05, 0) is 50.0 Å². The Balaban J connectivity index is 1.29. The molecule has 1 amide bonds. The molecule has 1 aliphatic carbocycles. The number of nitrogens with zero attached hydrogens (tertiary/aromatic N) is 4. The predicted molar refractivity (Wildman–Crippen MR) is 103 cm³/mol. The van der Waals surface area contributed by atoms with E-state index in [1.165, 1.54) is 83.4 Å². The molecule has 1 saturated carbocycles. The molecular formula is C20H31N5O2. The van der Waals surface area contributed by atoms with Gasteiger partial charge < -0.3 is 9.80 Å². The van der Waals surface area contributed by atoms with Gasteiger partial charge in [0.2, 0.25) is 5.95 Å². The van der Waals surface area contributed by atoms with Crippen LogP contribution in [0.25, 0.3) is 0 Å². The summed E-state index contributed by atoms with van der Waals surface area (Å²) in [6, 6.07) is 0. The number of hydroxylamine groups is 1. The van der Waals surface area contributed by atoms with Gasteiger partial charge in [0, 0.05) is 38.6 Å². The Morgan fingerprint density at radius 2 is 1.78 bits per heavy atom. The standard InChI is InChI=1S/C20H31N5O2/c26-18(23-27)17-12-21-19(22-13-17)25-10-7-20(8-11-25)6-9-24(15-20)14-16-4-2-1-3-5-16/h12-13,16,27H,1-11,14-15H2,(H,23,26). The maximum absolute atomic E-state index is 11.4. The van der Waals surface area contributed by atoms with Crippen LogP contribution in [-0.4, -0.2) is 58.7 Å². The zero-order valence-electron chi connectivity index (χ0n) is 16.1. The van der Waals surface area contributed by atoms with Crippen molar-refractivity contribution in [2.75, 3.05) is 37.6 Å². The Morgan fingerprint density at radius 3 is 2.44 bits per heavy atom. The van der Waals surface area contributed by atoms with Crippen LogP contribution in [0.5, 0.6) is 0 Å². The lowest BCUT2D eigenvalue weighted by Gasteiger charge is -2.39. The number of anilines is 1. The van der Waals surface area contributed by atoms with Crippen LogP contribution in [0.4, 0.5) is 5.95 Å². The van der Waals surface area contributed by atoms with Crippen LogP contribution in [0.1, 0.15) is 61.7 Å². The highest BCUT2D eigenvalue weighted by Gasteiger charge is 2.41. The zero-order chi connectivity index (χ0) is 18.7. The van der Waals surface area contributed by atoms with E-state index in [-0.39, 0.29) is 5.56 Å². The minimum Gasteiger partial charge on any atom is -0.341 e. The Kier molecular flexibility index (Phi) is 5.59. The van der Waals surface area contributed by atoms with Crippen molar-refractivity contribution >= 4 is 11.9 Å². The fourth-order valence-electron chi connectivity index (χ4n) is 5.17. The molecule has 2 saturated heterocycles. The van der Waals surface area contributed by atoms with Crippen molar-refractivity contribution in [3.63, 3.8) is 0 Å². The zero-order valence-corrected chi connectivity index (χ0v) is 16.1. The van der Waals surface area contributed by atoms with Gasteiger partial charge in [0.1, 0.15) is 0 Å². The second-order valence-electron chi connectivity index (χ2n) is 8.69. The van der Waals surface area contributed by atoms with Crippen molar-refractivity contribution in [3.05, 3.63) is 18.0 Å². The molecule has 1 aromatic heterocycles. The number of nitrogens with one attached hydrogen (secondary N) is 1. The molecule has 27 heavy (non-hydrogen) atoms. The van der Waals surface area contributed by atoms with Gasteiger partial charge in [0.25, 0.3) is 5.91 Å². The van der Waals surface area contributed by atoms with Crippen molar-refractivity contribution in [2.45, 2.75) is 51.4 Å². The normalized spacial score (nSPS) is 23.7. The average molecular weight is 374 g/mol. The Morgan fingerprint density at radius 1 is 1.11 bits per heavy atom. The van der Waals surface area contributed by atoms with Gasteiger partial charge in [-0.15, -0.1) is 0 Å². The van der Waals surface area contributed by atoms with Gasteiger partial charge in [-0.2, -0.15) is 0 Å². The van der Waals surface area contributed by atoms with Crippen molar-refractivity contribution in [1.82, 2.24) is 20.3 Å². The summed E-state index contributed by atoms with van der Waals surface area (Å²) in [7, 11) is 0. The largest absolute Gasteiger partial charge is 0.341 e. The monoisotopic (exact) mass is 373 g/mol. The summed E-state index contributed by atoms with van der Waals surface area (Å²) in [6.45, 7) is 5.78. The quantitative estimate of drug-likeness (QED) is 0.623. The molecule has 148 valence electrons. The molecule has 3 fully saturated rings. The molecule has 1 aromatic rings. The van der Waals surface area contributed by atoms with Crippen molar-refractivity contribution in [3.8, 4) is 0 Å². The van der Waals surface area contributed by atoms with E-state index in [0.717, 1.165) is 19.0 Å². The van der Waals surface area contributed by atoms with Gasteiger partial charge in [-0.3, -0.25) is 10.0 Å². The molecule has 0 atom stereocenters. The highest BCUT2D eigenvalue weighted by Crippen LogP contribution is 2.41. The van der Waals surface area contributed by atoms with Crippen LogP contribution < -0.4 is 10.4 Å². The number of aromatic nitrogens is 2. The molecule has 0 unspecified atom stereocenters. The second kappa shape index (κ2) is 8.10. The van der Waals surface area contributed by atoms with Crippen LogP contribution in [0.2, 0.25) is 0 Å². The molecule has 7 nitrogen and oxygen atoms in total. The van der Waals surface area contributed by atoms with E-state index < -0.39 is 5.91 Å². The minimum atomic E-state index is -0.580. The van der Waals surface area contributed by atoms with Crippen molar-refractivity contribution in [2.24, 2.45) is 11.3 Å². The lowest BCUT2D eigenvalue weighted by atomic mass is 9.78. The molecule has 0 bridgehead atoms. The van der Waals surface area contributed by atoms with Crippen molar-refractivity contribution in [1.29, 1.82) is 0 Å². The maximum Gasteiger partial charge on any atom is 0.277 e. The van der Waals surface area contributed by atoms with E-state index in [1.807, 2.05) is 0 Å².